The van der Waals surface area contributed by atoms with E-state index in [1.165, 1.54) is 27.8 Å². The van der Waals surface area contributed by atoms with Crippen LogP contribution >= 0.6 is 27.3 Å². The normalized spacial score (nSPS) is 11.5. The standard InChI is InChI=1S/C24H17BrN2O3S/c1-13-3-4-15(7-14(13)2)18-11-31-23-22(18)24(29)27(12-26-23)10-19(28)21-9-16-8-17(25)5-6-20(16)30-21/h3-9,11-12H,10H2,1-2H3. The summed E-state index contributed by atoms with van der Waals surface area (Å²) in [5.41, 5.74) is 4.57. The number of furan rings is 1. The van der Waals surface area contributed by atoms with Crippen LogP contribution < -0.4 is 5.56 Å². The topological polar surface area (TPSA) is 65.1 Å². The van der Waals surface area contributed by atoms with E-state index in [0.29, 0.717) is 15.8 Å². The van der Waals surface area contributed by atoms with Crippen molar-refractivity contribution in [1.29, 1.82) is 0 Å². The van der Waals surface area contributed by atoms with E-state index in [2.05, 4.69) is 40.8 Å². The number of halogens is 1. The van der Waals surface area contributed by atoms with Crippen LogP contribution in [0, 0.1) is 13.8 Å². The number of ketones is 1. The maximum atomic E-state index is 13.3. The van der Waals surface area contributed by atoms with Gasteiger partial charge in [-0.15, -0.1) is 11.3 Å². The Bertz CT molecular complexity index is 1540. The number of aromatic nitrogens is 2. The minimum Gasteiger partial charge on any atom is -0.453 e. The first-order valence-corrected chi connectivity index (χ1v) is 11.3. The van der Waals surface area contributed by atoms with Crippen molar-refractivity contribution in [1.82, 2.24) is 9.55 Å². The molecule has 5 nitrogen and oxygen atoms in total. The van der Waals surface area contributed by atoms with Crippen molar-refractivity contribution in [2.24, 2.45) is 0 Å². The average molecular weight is 493 g/mol. The number of hydrogen-bond acceptors (Lipinski definition) is 5. The van der Waals surface area contributed by atoms with E-state index < -0.39 is 0 Å². The van der Waals surface area contributed by atoms with Crippen molar-refractivity contribution in [3.63, 3.8) is 0 Å². The zero-order chi connectivity index (χ0) is 21.7. The van der Waals surface area contributed by atoms with E-state index >= 15 is 0 Å². The molecule has 3 aromatic heterocycles. The molecular weight excluding hydrogens is 476 g/mol. The Morgan fingerprint density at radius 2 is 1.97 bits per heavy atom. The van der Waals surface area contributed by atoms with Crippen LogP contribution in [0.2, 0.25) is 0 Å². The van der Waals surface area contributed by atoms with Crippen LogP contribution in [0.15, 0.2) is 67.9 Å². The Hall–Kier alpha value is -3.03. The highest BCUT2D eigenvalue weighted by molar-refractivity contribution is 9.10. The summed E-state index contributed by atoms with van der Waals surface area (Å²) in [5.74, 6) is -0.0571. The van der Waals surface area contributed by atoms with Gasteiger partial charge in [-0.25, -0.2) is 4.98 Å². The molecule has 0 N–H and O–H groups in total. The quantitative estimate of drug-likeness (QED) is 0.283. The van der Waals surface area contributed by atoms with Crippen LogP contribution in [0.5, 0.6) is 0 Å². The monoisotopic (exact) mass is 492 g/mol. The molecule has 0 spiro atoms. The highest BCUT2D eigenvalue weighted by Crippen LogP contribution is 2.31. The van der Waals surface area contributed by atoms with Gasteiger partial charge in [-0.05, 0) is 54.8 Å². The fourth-order valence-corrected chi connectivity index (χ4v) is 4.87. The smallest absolute Gasteiger partial charge is 0.263 e. The van der Waals surface area contributed by atoms with Crippen LogP contribution in [0.4, 0.5) is 0 Å². The molecule has 2 aromatic carbocycles. The molecule has 3 heterocycles. The predicted molar refractivity (Wildman–Crippen MR) is 127 cm³/mol. The van der Waals surface area contributed by atoms with E-state index in [9.17, 15) is 9.59 Å². The van der Waals surface area contributed by atoms with Gasteiger partial charge in [0.15, 0.2) is 5.76 Å². The number of benzene rings is 2. The molecule has 0 aliphatic rings. The van der Waals surface area contributed by atoms with Gasteiger partial charge in [0.05, 0.1) is 18.3 Å². The number of fused-ring (bicyclic) bond motifs is 2. The predicted octanol–water partition coefficient (Wildman–Crippen LogP) is 6.13. The van der Waals surface area contributed by atoms with Gasteiger partial charge in [0.2, 0.25) is 5.78 Å². The summed E-state index contributed by atoms with van der Waals surface area (Å²) >= 11 is 4.85. The molecule has 0 aliphatic heterocycles. The Balaban J connectivity index is 1.54. The van der Waals surface area contributed by atoms with Crippen molar-refractivity contribution in [3.05, 3.63) is 85.9 Å². The van der Waals surface area contributed by atoms with E-state index in [1.807, 2.05) is 29.6 Å². The summed E-state index contributed by atoms with van der Waals surface area (Å²) in [5, 5.41) is 3.32. The molecule has 0 radical (unpaired) electrons. The summed E-state index contributed by atoms with van der Waals surface area (Å²) in [6.45, 7) is 3.97. The molecule has 0 saturated carbocycles. The molecule has 0 saturated heterocycles. The first-order chi connectivity index (χ1) is 14.9. The lowest BCUT2D eigenvalue weighted by atomic mass is 10.0. The van der Waals surface area contributed by atoms with Gasteiger partial charge in [-0.2, -0.15) is 0 Å². The highest BCUT2D eigenvalue weighted by Gasteiger charge is 2.18. The van der Waals surface area contributed by atoms with Crippen molar-refractivity contribution in [2.45, 2.75) is 20.4 Å². The summed E-state index contributed by atoms with van der Waals surface area (Å²) in [4.78, 5) is 31.2. The summed E-state index contributed by atoms with van der Waals surface area (Å²) in [6, 6.07) is 13.4. The SMILES string of the molecule is Cc1ccc(-c2csc3ncn(CC(=O)c4cc5cc(Br)ccc5o4)c(=O)c23)cc1C. The van der Waals surface area contributed by atoms with Crippen LogP contribution in [-0.2, 0) is 6.54 Å². The molecule has 31 heavy (non-hydrogen) atoms. The molecule has 5 rings (SSSR count). The molecule has 0 atom stereocenters. The molecule has 5 aromatic rings. The van der Waals surface area contributed by atoms with Crippen LogP contribution in [0.25, 0.3) is 32.3 Å². The lowest BCUT2D eigenvalue weighted by molar-refractivity contribution is 0.0945. The van der Waals surface area contributed by atoms with Gasteiger partial charge in [-0.3, -0.25) is 14.2 Å². The fraction of sp³-hybridized carbons (Fsp3) is 0.125. The molecule has 0 amide bonds. The summed E-state index contributed by atoms with van der Waals surface area (Å²) in [6.07, 6.45) is 1.43. The maximum absolute atomic E-state index is 13.3. The lowest BCUT2D eigenvalue weighted by Crippen LogP contribution is -2.24. The first kappa shape index (κ1) is 19.9. The van der Waals surface area contributed by atoms with Crippen molar-refractivity contribution in [2.75, 3.05) is 0 Å². The highest BCUT2D eigenvalue weighted by atomic mass is 79.9. The zero-order valence-corrected chi connectivity index (χ0v) is 19.2. The lowest BCUT2D eigenvalue weighted by Gasteiger charge is -2.06. The van der Waals surface area contributed by atoms with Gasteiger partial charge in [-0.1, -0.05) is 34.1 Å². The van der Waals surface area contributed by atoms with Gasteiger partial charge in [0.1, 0.15) is 10.4 Å². The van der Waals surface area contributed by atoms with E-state index in [-0.39, 0.29) is 23.6 Å². The van der Waals surface area contributed by atoms with E-state index in [1.54, 1.807) is 12.1 Å². The van der Waals surface area contributed by atoms with Crippen LogP contribution in [0.3, 0.4) is 0 Å². The third kappa shape index (κ3) is 3.54. The summed E-state index contributed by atoms with van der Waals surface area (Å²) < 4.78 is 7.94. The third-order valence-corrected chi connectivity index (χ3v) is 6.83. The van der Waals surface area contributed by atoms with Crippen molar-refractivity contribution < 1.29 is 9.21 Å². The molecular formula is C24H17BrN2O3S. The average Bonchev–Trinajstić information content (AvgIpc) is 3.36. The van der Waals surface area contributed by atoms with Crippen molar-refractivity contribution >= 4 is 54.2 Å². The first-order valence-electron chi connectivity index (χ1n) is 9.67. The van der Waals surface area contributed by atoms with Crippen LogP contribution in [0.1, 0.15) is 21.7 Å². The molecule has 0 unspecified atom stereocenters. The van der Waals surface area contributed by atoms with Gasteiger partial charge in [0, 0.05) is 20.8 Å². The van der Waals surface area contributed by atoms with Crippen LogP contribution in [-0.4, -0.2) is 15.3 Å². The van der Waals surface area contributed by atoms with E-state index in [0.717, 1.165) is 26.5 Å². The number of rotatable bonds is 4. The number of Topliss-reactive ketones (excluding diaryl/α,β-unsaturated/α-hetero) is 1. The molecule has 0 fully saturated rings. The number of carbonyl (C=O) groups is 1. The fourth-order valence-electron chi connectivity index (χ4n) is 3.59. The van der Waals surface area contributed by atoms with Gasteiger partial charge in [0.25, 0.3) is 5.56 Å². The van der Waals surface area contributed by atoms with Gasteiger partial charge >= 0.3 is 0 Å². The molecule has 154 valence electrons. The molecule has 0 aliphatic carbocycles. The molecule has 0 bridgehead atoms. The second-order valence-electron chi connectivity index (χ2n) is 7.52. The second-order valence-corrected chi connectivity index (χ2v) is 9.30. The minimum atomic E-state index is -0.279. The number of nitrogens with zero attached hydrogens (tertiary/aromatic N) is 2. The van der Waals surface area contributed by atoms with Gasteiger partial charge < -0.3 is 4.42 Å². The Kier molecular flexibility index (Phi) is 4.87. The Morgan fingerprint density at radius 1 is 1.13 bits per heavy atom. The number of thiophene rings is 1. The largest absolute Gasteiger partial charge is 0.453 e. The maximum Gasteiger partial charge on any atom is 0.263 e. The molecule has 7 heteroatoms. The van der Waals surface area contributed by atoms with E-state index in [4.69, 9.17) is 4.42 Å². The number of aryl methyl sites for hydroxylation is 2. The number of hydrogen-bond donors (Lipinski definition) is 0. The Labute approximate surface area is 190 Å². The number of carbonyl (C=O) groups excluding carboxylic acids is 1. The summed E-state index contributed by atoms with van der Waals surface area (Å²) in [7, 11) is 0. The Morgan fingerprint density at radius 3 is 2.77 bits per heavy atom. The van der Waals surface area contributed by atoms with Crippen molar-refractivity contribution in [3.8, 4) is 11.1 Å². The third-order valence-electron chi connectivity index (χ3n) is 5.45. The zero-order valence-electron chi connectivity index (χ0n) is 16.8. The second kappa shape index (κ2) is 7.59. The minimum absolute atomic E-state index is 0.134.